The van der Waals surface area contributed by atoms with Crippen LogP contribution >= 0.6 is 11.3 Å². The number of morpholine rings is 1. The first-order chi connectivity index (χ1) is 12.7. The largest absolute Gasteiger partial charge is 0.365 e. The Morgan fingerprint density at radius 3 is 3.04 bits per heavy atom. The van der Waals surface area contributed by atoms with E-state index >= 15 is 0 Å². The van der Waals surface area contributed by atoms with Crippen molar-refractivity contribution in [2.45, 2.75) is 26.4 Å². The smallest absolute Gasteiger partial charge is 0.259 e. The third kappa shape index (κ3) is 3.04. The van der Waals surface area contributed by atoms with Crippen molar-refractivity contribution in [1.82, 2.24) is 20.2 Å². The molecule has 1 saturated heterocycles. The molecule has 1 amide bonds. The lowest BCUT2D eigenvalue weighted by atomic mass is 10.1. The van der Waals surface area contributed by atoms with E-state index in [-0.39, 0.29) is 5.91 Å². The van der Waals surface area contributed by atoms with Crippen molar-refractivity contribution in [3.8, 4) is 10.7 Å². The molecule has 1 aliphatic rings. The maximum Gasteiger partial charge on any atom is 0.259 e. The Bertz CT molecular complexity index is 902. The van der Waals surface area contributed by atoms with Crippen LogP contribution in [0.15, 0.2) is 26.6 Å². The van der Waals surface area contributed by atoms with Crippen LogP contribution < -0.4 is 0 Å². The normalized spacial score (nSPS) is 17.6. The molecule has 136 valence electrons. The molecule has 3 aromatic heterocycles. The molecule has 8 nitrogen and oxygen atoms in total. The van der Waals surface area contributed by atoms with Gasteiger partial charge in [0.15, 0.2) is 6.10 Å². The number of ether oxygens (including phenoxy) is 1. The molecule has 9 heteroatoms. The molecule has 3 aromatic rings. The summed E-state index contributed by atoms with van der Waals surface area (Å²) in [7, 11) is 0. The fourth-order valence-corrected chi connectivity index (χ4v) is 3.59. The number of thiophene rings is 1. The van der Waals surface area contributed by atoms with Crippen LogP contribution in [0.1, 0.15) is 40.7 Å². The molecule has 0 bridgehead atoms. The summed E-state index contributed by atoms with van der Waals surface area (Å²) in [4.78, 5) is 20.0. The van der Waals surface area contributed by atoms with E-state index in [1.165, 1.54) is 11.3 Å². The van der Waals surface area contributed by atoms with Gasteiger partial charge in [-0.1, -0.05) is 23.3 Å². The third-order valence-corrected chi connectivity index (χ3v) is 5.15. The molecule has 4 rings (SSSR count). The molecule has 1 atom stereocenters. The van der Waals surface area contributed by atoms with E-state index in [1.54, 1.807) is 11.8 Å². The zero-order valence-corrected chi connectivity index (χ0v) is 15.3. The first-order valence-electron chi connectivity index (χ1n) is 8.41. The predicted molar refractivity (Wildman–Crippen MR) is 92.8 cm³/mol. The molecule has 0 unspecified atom stereocenters. The molecule has 0 aliphatic carbocycles. The number of amides is 1. The predicted octanol–water partition coefficient (Wildman–Crippen LogP) is 2.87. The standard InChI is InChI=1S/C17H18N4O4S/c1-3-11-14(10(2)19-24-11)17(22)21-6-7-23-12(9-21)16-18-15(20-25-16)13-5-4-8-26-13/h4-5,8,12H,3,6-7,9H2,1-2H3/t12-/m1/s1. The number of carbonyl (C=O) groups excluding carboxylic acids is 1. The van der Waals surface area contributed by atoms with Gasteiger partial charge in [-0.15, -0.1) is 11.3 Å². The Hall–Kier alpha value is -2.52. The molecule has 4 heterocycles. The van der Waals surface area contributed by atoms with Crippen molar-refractivity contribution >= 4 is 17.2 Å². The molecule has 0 aromatic carbocycles. The molecule has 0 spiro atoms. The summed E-state index contributed by atoms with van der Waals surface area (Å²) in [6.45, 7) is 4.95. The number of carbonyl (C=O) groups is 1. The number of aromatic nitrogens is 3. The van der Waals surface area contributed by atoms with E-state index in [0.717, 1.165) is 4.88 Å². The molecule has 1 aliphatic heterocycles. The minimum atomic E-state index is -0.445. The maximum absolute atomic E-state index is 12.9. The summed E-state index contributed by atoms with van der Waals surface area (Å²) in [5, 5.41) is 9.88. The summed E-state index contributed by atoms with van der Waals surface area (Å²) in [5.74, 6) is 1.41. The third-order valence-electron chi connectivity index (χ3n) is 4.28. The van der Waals surface area contributed by atoms with Gasteiger partial charge in [-0.25, -0.2) is 0 Å². The summed E-state index contributed by atoms with van der Waals surface area (Å²) in [6, 6.07) is 3.86. The molecule has 1 fully saturated rings. The second-order valence-electron chi connectivity index (χ2n) is 5.96. The number of rotatable bonds is 4. The Morgan fingerprint density at radius 1 is 1.38 bits per heavy atom. The first kappa shape index (κ1) is 16.9. The van der Waals surface area contributed by atoms with Gasteiger partial charge in [-0.2, -0.15) is 4.98 Å². The van der Waals surface area contributed by atoms with Crippen LogP contribution in [0, 0.1) is 6.92 Å². The van der Waals surface area contributed by atoms with Crippen LogP contribution in [0.25, 0.3) is 10.7 Å². The molecule has 0 radical (unpaired) electrons. The van der Waals surface area contributed by atoms with Gasteiger partial charge in [0.05, 0.1) is 23.7 Å². The van der Waals surface area contributed by atoms with Gasteiger partial charge in [0.1, 0.15) is 11.3 Å². The van der Waals surface area contributed by atoms with Gasteiger partial charge in [0.25, 0.3) is 11.8 Å². The van der Waals surface area contributed by atoms with Crippen LogP contribution in [-0.4, -0.2) is 45.8 Å². The lowest BCUT2D eigenvalue weighted by Gasteiger charge is -2.31. The monoisotopic (exact) mass is 374 g/mol. The van der Waals surface area contributed by atoms with Crippen LogP contribution in [-0.2, 0) is 11.2 Å². The van der Waals surface area contributed by atoms with Crippen LogP contribution in [0.5, 0.6) is 0 Å². The van der Waals surface area contributed by atoms with E-state index in [1.807, 2.05) is 24.4 Å². The summed E-state index contributed by atoms with van der Waals surface area (Å²) in [5.41, 5.74) is 1.14. The number of nitrogens with zero attached hydrogens (tertiary/aromatic N) is 4. The highest BCUT2D eigenvalue weighted by atomic mass is 32.1. The van der Waals surface area contributed by atoms with Crippen LogP contribution in [0.3, 0.4) is 0 Å². The van der Waals surface area contributed by atoms with Crippen molar-refractivity contribution in [1.29, 1.82) is 0 Å². The summed E-state index contributed by atoms with van der Waals surface area (Å²) < 4.78 is 16.4. The van der Waals surface area contributed by atoms with Crippen molar-refractivity contribution in [3.63, 3.8) is 0 Å². The Labute approximate surface area is 153 Å². The van der Waals surface area contributed by atoms with Gasteiger partial charge in [-0.3, -0.25) is 4.79 Å². The van der Waals surface area contributed by atoms with Crippen molar-refractivity contribution in [2.75, 3.05) is 19.7 Å². The topological polar surface area (TPSA) is 94.5 Å². The highest BCUT2D eigenvalue weighted by Gasteiger charge is 2.32. The fourth-order valence-electron chi connectivity index (χ4n) is 2.95. The fraction of sp³-hybridized carbons (Fsp3) is 0.412. The average Bonchev–Trinajstić information content (AvgIpc) is 3.41. The summed E-state index contributed by atoms with van der Waals surface area (Å²) in [6.07, 6.45) is 0.169. The van der Waals surface area contributed by atoms with Gasteiger partial charge < -0.3 is 18.7 Å². The van der Waals surface area contributed by atoms with Crippen molar-refractivity contribution in [2.24, 2.45) is 0 Å². The Balaban J connectivity index is 1.53. The average molecular weight is 374 g/mol. The van der Waals surface area contributed by atoms with E-state index < -0.39 is 6.10 Å². The van der Waals surface area contributed by atoms with Gasteiger partial charge in [0.2, 0.25) is 5.82 Å². The molecule has 0 saturated carbocycles. The second-order valence-corrected chi connectivity index (χ2v) is 6.91. The number of hydrogen-bond donors (Lipinski definition) is 0. The maximum atomic E-state index is 12.9. The van der Waals surface area contributed by atoms with E-state index in [9.17, 15) is 4.79 Å². The van der Waals surface area contributed by atoms with Gasteiger partial charge >= 0.3 is 0 Å². The van der Waals surface area contributed by atoms with E-state index in [0.29, 0.717) is 54.8 Å². The van der Waals surface area contributed by atoms with E-state index in [2.05, 4.69) is 15.3 Å². The van der Waals surface area contributed by atoms with Crippen LogP contribution in [0.2, 0.25) is 0 Å². The van der Waals surface area contributed by atoms with Crippen LogP contribution in [0.4, 0.5) is 0 Å². The zero-order valence-electron chi connectivity index (χ0n) is 14.5. The SMILES string of the molecule is CCc1onc(C)c1C(=O)N1CCO[C@@H](c2nc(-c3cccs3)no2)C1. The van der Waals surface area contributed by atoms with Crippen molar-refractivity contribution < 1.29 is 18.6 Å². The van der Waals surface area contributed by atoms with E-state index in [4.69, 9.17) is 13.8 Å². The Kier molecular flexibility index (Phi) is 4.56. The second kappa shape index (κ2) is 7.00. The Morgan fingerprint density at radius 2 is 2.27 bits per heavy atom. The van der Waals surface area contributed by atoms with Gasteiger partial charge in [0, 0.05) is 13.0 Å². The molecule has 26 heavy (non-hydrogen) atoms. The molecule has 0 N–H and O–H groups in total. The zero-order chi connectivity index (χ0) is 18.1. The minimum Gasteiger partial charge on any atom is -0.365 e. The number of aryl methyl sites for hydroxylation is 2. The van der Waals surface area contributed by atoms with Crippen molar-refractivity contribution in [3.05, 3.63) is 40.4 Å². The highest BCUT2D eigenvalue weighted by Crippen LogP contribution is 2.27. The highest BCUT2D eigenvalue weighted by molar-refractivity contribution is 7.13. The molecular formula is C17H18N4O4S. The lowest BCUT2D eigenvalue weighted by Crippen LogP contribution is -2.42. The van der Waals surface area contributed by atoms with Gasteiger partial charge in [-0.05, 0) is 18.4 Å². The lowest BCUT2D eigenvalue weighted by molar-refractivity contribution is -0.0368. The minimum absolute atomic E-state index is 0.105. The summed E-state index contributed by atoms with van der Waals surface area (Å²) >= 11 is 1.54. The first-order valence-corrected chi connectivity index (χ1v) is 9.28. The molecular weight excluding hydrogens is 356 g/mol. The quantitative estimate of drug-likeness (QED) is 0.693. The number of hydrogen-bond acceptors (Lipinski definition) is 8.